The molecule has 100 valence electrons. The Bertz CT molecular complexity index is 505. The molecule has 2 aliphatic heterocycles. The highest BCUT2D eigenvalue weighted by Crippen LogP contribution is 2.20. The number of amides is 3. The summed E-state index contributed by atoms with van der Waals surface area (Å²) in [5.41, 5.74) is 1.15. The Labute approximate surface area is 111 Å². The van der Waals surface area contributed by atoms with Crippen molar-refractivity contribution >= 4 is 11.9 Å². The van der Waals surface area contributed by atoms with Crippen molar-refractivity contribution in [3.63, 3.8) is 0 Å². The lowest BCUT2D eigenvalue weighted by atomic mass is 10.1. The first-order valence-electron chi connectivity index (χ1n) is 6.26. The summed E-state index contributed by atoms with van der Waals surface area (Å²) in [4.78, 5) is 27.1. The highest BCUT2D eigenvalue weighted by Gasteiger charge is 2.46. The van der Waals surface area contributed by atoms with Crippen LogP contribution in [0.25, 0.3) is 0 Å². The van der Waals surface area contributed by atoms with Crippen LogP contribution in [-0.2, 0) is 11.3 Å². The minimum absolute atomic E-state index is 0.228. The molecule has 2 saturated heterocycles. The standard InChI is InChI=1S/C13H16N4O2/c1-16-11-10(12(18)15-13(16)19)17(8-14-11)7-9-5-3-2-4-6-9/h2-6,10-11,14H,7-8H2,1H3,(H,15,18,19). The summed E-state index contributed by atoms with van der Waals surface area (Å²) in [6, 6.07) is 9.31. The van der Waals surface area contributed by atoms with E-state index in [9.17, 15) is 9.59 Å². The van der Waals surface area contributed by atoms with Gasteiger partial charge < -0.3 is 4.90 Å². The quantitative estimate of drug-likeness (QED) is 0.781. The Morgan fingerprint density at radius 1 is 1.26 bits per heavy atom. The molecule has 6 nitrogen and oxygen atoms in total. The van der Waals surface area contributed by atoms with Gasteiger partial charge in [-0.15, -0.1) is 0 Å². The second kappa shape index (κ2) is 4.64. The minimum Gasteiger partial charge on any atom is -0.310 e. The van der Waals surface area contributed by atoms with Crippen LogP contribution in [0, 0.1) is 0 Å². The summed E-state index contributed by atoms with van der Waals surface area (Å²) in [5.74, 6) is -0.228. The average Bonchev–Trinajstić information content (AvgIpc) is 2.82. The van der Waals surface area contributed by atoms with Gasteiger partial charge in [0.1, 0.15) is 12.2 Å². The number of hydrogen-bond acceptors (Lipinski definition) is 4. The third kappa shape index (κ3) is 2.09. The molecule has 0 aliphatic carbocycles. The molecule has 1 aromatic carbocycles. The number of benzene rings is 1. The maximum absolute atomic E-state index is 12.0. The van der Waals surface area contributed by atoms with Gasteiger partial charge >= 0.3 is 6.03 Å². The largest absolute Gasteiger partial charge is 0.325 e. The number of urea groups is 1. The zero-order chi connectivity index (χ0) is 13.4. The zero-order valence-electron chi connectivity index (χ0n) is 10.7. The monoisotopic (exact) mass is 260 g/mol. The van der Waals surface area contributed by atoms with Crippen molar-refractivity contribution < 1.29 is 9.59 Å². The van der Waals surface area contributed by atoms with E-state index in [1.165, 1.54) is 4.90 Å². The summed E-state index contributed by atoms with van der Waals surface area (Å²) >= 11 is 0. The van der Waals surface area contributed by atoms with Crippen molar-refractivity contribution in [2.75, 3.05) is 13.7 Å². The van der Waals surface area contributed by atoms with E-state index in [2.05, 4.69) is 10.6 Å². The molecular formula is C13H16N4O2. The van der Waals surface area contributed by atoms with E-state index < -0.39 is 0 Å². The second-order valence-electron chi connectivity index (χ2n) is 4.89. The Morgan fingerprint density at radius 3 is 2.74 bits per heavy atom. The predicted octanol–water partition coefficient (Wildman–Crippen LogP) is -0.0744. The molecule has 2 atom stereocenters. The van der Waals surface area contributed by atoms with Gasteiger partial charge in [-0.05, 0) is 5.56 Å². The van der Waals surface area contributed by atoms with Gasteiger partial charge in [0.2, 0.25) is 5.91 Å². The van der Waals surface area contributed by atoms with E-state index in [1.54, 1.807) is 7.05 Å². The minimum atomic E-state index is -0.347. The van der Waals surface area contributed by atoms with E-state index in [0.717, 1.165) is 5.56 Å². The van der Waals surface area contributed by atoms with Crippen molar-refractivity contribution in [2.45, 2.75) is 18.8 Å². The van der Waals surface area contributed by atoms with Crippen LogP contribution >= 0.6 is 0 Å². The highest BCUT2D eigenvalue weighted by atomic mass is 16.2. The molecule has 3 amide bonds. The van der Waals surface area contributed by atoms with E-state index in [1.807, 2.05) is 35.2 Å². The van der Waals surface area contributed by atoms with E-state index >= 15 is 0 Å². The predicted molar refractivity (Wildman–Crippen MR) is 68.9 cm³/mol. The number of nitrogens with one attached hydrogen (secondary N) is 2. The molecular weight excluding hydrogens is 244 g/mol. The van der Waals surface area contributed by atoms with Crippen LogP contribution in [0.5, 0.6) is 0 Å². The molecule has 0 bridgehead atoms. The third-order valence-corrected chi connectivity index (χ3v) is 3.66. The molecule has 2 N–H and O–H groups in total. The van der Waals surface area contributed by atoms with Gasteiger partial charge in [0, 0.05) is 13.6 Å². The smallest absolute Gasteiger partial charge is 0.310 e. The van der Waals surface area contributed by atoms with Gasteiger partial charge in [-0.3, -0.25) is 20.3 Å². The lowest BCUT2D eigenvalue weighted by Crippen LogP contribution is -2.64. The van der Waals surface area contributed by atoms with Crippen LogP contribution < -0.4 is 10.6 Å². The fraction of sp³-hybridized carbons (Fsp3) is 0.385. The van der Waals surface area contributed by atoms with Crippen LogP contribution in [0.1, 0.15) is 5.56 Å². The van der Waals surface area contributed by atoms with Crippen molar-refractivity contribution in [1.29, 1.82) is 0 Å². The number of carbonyl (C=O) groups excluding carboxylic acids is 2. The maximum Gasteiger partial charge on any atom is 0.325 e. The number of fused-ring (bicyclic) bond motifs is 1. The first-order valence-corrected chi connectivity index (χ1v) is 6.26. The summed E-state index contributed by atoms with van der Waals surface area (Å²) in [7, 11) is 1.69. The molecule has 1 aromatic rings. The number of imide groups is 1. The fourth-order valence-electron chi connectivity index (χ4n) is 2.64. The molecule has 2 fully saturated rings. The molecule has 2 heterocycles. The van der Waals surface area contributed by atoms with Crippen LogP contribution in [-0.4, -0.2) is 47.7 Å². The van der Waals surface area contributed by atoms with Crippen LogP contribution in [0.2, 0.25) is 0 Å². The van der Waals surface area contributed by atoms with Crippen molar-refractivity contribution in [3.05, 3.63) is 35.9 Å². The van der Waals surface area contributed by atoms with Gasteiger partial charge in [0.15, 0.2) is 0 Å². The van der Waals surface area contributed by atoms with Gasteiger partial charge in [0.25, 0.3) is 0 Å². The third-order valence-electron chi connectivity index (χ3n) is 3.66. The molecule has 0 radical (unpaired) electrons. The van der Waals surface area contributed by atoms with E-state index in [4.69, 9.17) is 0 Å². The van der Waals surface area contributed by atoms with Gasteiger partial charge in [-0.1, -0.05) is 30.3 Å². The number of hydrogen-bond donors (Lipinski definition) is 2. The normalized spacial score (nSPS) is 27.3. The summed E-state index contributed by atoms with van der Waals surface area (Å²) in [5, 5.41) is 5.59. The first kappa shape index (κ1) is 12.1. The molecule has 19 heavy (non-hydrogen) atoms. The number of likely N-dealkylation sites (N-methyl/N-ethyl adjacent to an activating group) is 1. The lowest BCUT2D eigenvalue weighted by Gasteiger charge is -2.35. The maximum atomic E-state index is 12.0. The topological polar surface area (TPSA) is 64.7 Å². The lowest BCUT2D eigenvalue weighted by molar-refractivity contribution is -0.127. The van der Waals surface area contributed by atoms with Gasteiger partial charge in [0.05, 0.1) is 6.67 Å². The van der Waals surface area contributed by atoms with Crippen molar-refractivity contribution in [3.8, 4) is 0 Å². The van der Waals surface area contributed by atoms with Gasteiger partial charge in [-0.25, -0.2) is 4.79 Å². The van der Waals surface area contributed by atoms with Crippen LogP contribution in [0.15, 0.2) is 30.3 Å². The van der Waals surface area contributed by atoms with Crippen LogP contribution in [0.4, 0.5) is 4.79 Å². The van der Waals surface area contributed by atoms with E-state index in [-0.39, 0.29) is 24.1 Å². The van der Waals surface area contributed by atoms with Crippen LogP contribution in [0.3, 0.4) is 0 Å². The Hall–Kier alpha value is -1.92. The first-order chi connectivity index (χ1) is 9.16. The Morgan fingerprint density at radius 2 is 2.00 bits per heavy atom. The molecule has 0 spiro atoms. The average molecular weight is 260 g/mol. The number of nitrogens with zero attached hydrogens (tertiary/aromatic N) is 2. The molecule has 2 unspecified atom stereocenters. The van der Waals surface area contributed by atoms with Crippen molar-refractivity contribution in [1.82, 2.24) is 20.4 Å². The molecule has 2 aliphatic rings. The summed E-state index contributed by atoms with van der Waals surface area (Å²) in [6.07, 6.45) is -0.245. The molecule has 0 saturated carbocycles. The zero-order valence-corrected chi connectivity index (χ0v) is 10.7. The fourth-order valence-corrected chi connectivity index (χ4v) is 2.64. The summed E-state index contributed by atoms with van der Waals surface area (Å²) < 4.78 is 0. The van der Waals surface area contributed by atoms with Gasteiger partial charge in [-0.2, -0.15) is 0 Å². The number of rotatable bonds is 2. The SMILES string of the molecule is CN1C(=O)NC(=O)C2C1NCN2Cc1ccccc1. The molecule has 3 rings (SSSR count). The Kier molecular flexibility index (Phi) is 2.96. The highest BCUT2D eigenvalue weighted by molar-refractivity contribution is 6.00. The summed E-state index contributed by atoms with van der Waals surface area (Å²) in [6.45, 7) is 1.28. The Balaban J connectivity index is 1.78. The molecule has 6 heteroatoms. The number of carbonyl (C=O) groups is 2. The van der Waals surface area contributed by atoms with E-state index in [0.29, 0.717) is 13.2 Å². The second-order valence-corrected chi connectivity index (χ2v) is 4.89. The molecule has 0 aromatic heterocycles. The van der Waals surface area contributed by atoms with Crippen molar-refractivity contribution in [2.24, 2.45) is 0 Å².